The molecule has 0 fully saturated rings. The van der Waals surface area contributed by atoms with Crippen LogP contribution in [-0.4, -0.2) is 8.32 Å². The zero-order valence-corrected chi connectivity index (χ0v) is 11.0. The molecule has 86 valence electrons. The van der Waals surface area contributed by atoms with E-state index in [2.05, 4.69) is 25.7 Å². The first kappa shape index (κ1) is 12.8. The smallest absolute Gasteiger partial charge is 0.242 e. The number of nitrogens with zero attached hydrogens (tertiary/aromatic N) is 1. The molecule has 0 aliphatic rings. The number of nitrogens with two attached hydrogens (primary N) is 1. The van der Waals surface area contributed by atoms with Gasteiger partial charge in [-0.25, -0.2) is 0 Å². The normalized spacial score (nSPS) is 12.9. The van der Waals surface area contributed by atoms with Gasteiger partial charge in [-0.2, -0.15) is 5.26 Å². The maximum atomic E-state index is 8.56. The van der Waals surface area contributed by atoms with E-state index in [1.54, 1.807) is 0 Å². The van der Waals surface area contributed by atoms with Gasteiger partial charge in [0.1, 0.15) is 5.75 Å². The molecule has 0 saturated carbocycles. The summed E-state index contributed by atoms with van der Waals surface area (Å²) < 4.78 is 5.83. The molecule has 0 amide bonds. The van der Waals surface area contributed by atoms with Crippen LogP contribution in [-0.2, 0) is 0 Å². The lowest BCUT2D eigenvalue weighted by Crippen LogP contribution is -2.29. The molecule has 0 spiro atoms. The lowest BCUT2D eigenvalue weighted by Gasteiger charge is -2.19. The highest BCUT2D eigenvalue weighted by Gasteiger charge is 2.16. The third kappa shape index (κ3) is 4.05. The van der Waals surface area contributed by atoms with Gasteiger partial charge in [-0.3, -0.25) is 0 Å². The number of hydrogen-bond acceptors (Lipinski definition) is 3. The molecule has 0 aromatic heterocycles. The average molecular weight is 234 g/mol. The van der Waals surface area contributed by atoms with Gasteiger partial charge in [-0.1, -0.05) is 12.1 Å². The third-order valence-corrected chi connectivity index (χ3v) is 2.89. The molecular weight excluding hydrogens is 216 g/mol. The summed E-state index contributed by atoms with van der Waals surface area (Å²) in [7, 11) is -1.54. The maximum Gasteiger partial charge on any atom is 0.242 e. The van der Waals surface area contributed by atoms with Crippen molar-refractivity contribution < 1.29 is 4.43 Å². The molecule has 1 aromatic carbocycles. The SMILES string of the molecule is C[Si](C)(C)Oc1ccc([C@@H](N)CC#N)cc1. The standard InChI is InChI=1S/C12H18N2OSi/c1-16(2,3)15-11-6-4-10(5-7-11)12(14)8-9-13/h4-7,12H,8,14H2,1-3H3/t12-/m0/s1. The van der Waals surface area contributed by atoms with Crippen LogP contribution in [0.3, 0.4) is 0 Å². The zero-order chi connectivity index (χ0) is 12.2. The number of hydrogen-bond donors (Lipinski definition) is 1. The fourth-order valence-electron chi connectivity index (χ4n) is 1.35. The highest BCUT2D eigenvalue weighted by atomic mass is 28.4. The predicted octanol–water partition coefficient (Wildman–Crippen LogP) is 2.81. The van der Waals surface area contributed by atoms with E-state index < -0.39 is 8.32 Å². The Bertz CT molecular complexity index is 375. The summed E-state index contributed by atoms with van der Waals surface area (Å²) in [6, 6.07) is 9.57. The summed E-state index contributed by atoms with van der Waals surface area (Å²) in [6.45, 7) is 6.42. The molecule has 0 saturated heterocycles. The van der Waals surface area contributed by atoms with E-state index in [4.69, 9.17) is 15.4 Å². The summed E-state index contributed by atoms with van der Waals surface area (Å²) in [5.74, 6) is 0.882. The van der Waals surface area contributed by atoms with Crippen molar-refractivity contribution >= 4 is 8.32 Å². The van der Waals surface area contributed by atoms with Crippen LogP contribution in [0.2, 0.25) is 19.6 Å². The monoisotopic (exact) mass is 234 g/mol. The Balaban J connectivity index is 2.72. The van der Waals surface area contributed by atoms with Crippen LogP contribution in [0.4, 0.5) is 0 Å². The van der Waals surface area contributed by atoms with E-state index in [9.17, 15) is 0 Å². The van der Waals surface area contributed by atoms with Crippen LogP contribution in [0, 0.1) is 11.3 Å². The van der Waals surface area contributed by atoms with E-state index in [-0.39, 0.29) is 6.04 Å². The first-order valence-electron chi connectivity index (χ1n) is 5.34. The highest BCUT2D eigenvalue weighted by molar-refractivity contribution is 6.70. The second kappa shape index (κ2) is 5.15. The Kier molecular flexibility index (Phi) is 4.10. The fraction of sp³-hybridized carbons (Fsp3) is 0.417. The zero-order valence-electron chi connectivity index (χ0n) is 10.0. The first-order valence-corrected chi connectivity index (χ1v) is 8.75. The third-order valence-electron chi connectivity index (χ3n) is 2.04. The molecular formula is C12H18N2OSi. The van der Waals surface area contributed by atoms with E-state index in [1.165, 1.54) is 0 Å². The van der Waals surface area contributed by atoms with E-state index in [0.717, 1.165) is 11.3 Å². The summed E-state index contributed by atoms with van der Waals surface area (Å²) in [6.07, 6.45) is 0.341. The van der Waals surface area contributed by atoms with Gasteiger partial charge in [0.25, 0.3) is 0 Å². The maximum absolute atomic E-state index is 8.56. The Morgan fingerprint density at radius 1 is 1.31 bits per heavy atom. The average Bonchev–Trinajstić information content (AvgIpc) is 2.16. The van der Waals surface area contributed by atoms with Crippen molar-refractivity contribution in [3.05, 3.63) is 29.8 Å². The van der Waals surface area contributed by atoms with Gasteiger partial charge in [0.15, 0.2) is 0 Å². The molecule has 0 aliphatic heterocycles. The quantitative estimate of drug-likeness (QED) is 0.815. The molecule has 16 heavy (non-hydrogen) atoms. The van der Waals surface area contributed by atoms with Gasteiger partial charge in [-0.15, -0.1) is 0 Å². The second-order valence-electron chi connectivity index (χ2n) is 4.75. The lowest BCUT2D eigenvalue weighted by molar-refractivity contribution is 0.557. The minimum atomic E-state index is -1.54. The largest absolute Gasteiger partial charge is 0.544 e. The van der Waals surface area contributed by atoms with Crippen molar-refractivity contribution in [1.82, 2.24) is 0 Å². The highest BCUT2D eigenvalue weighted by Crippen LogP contribution is 2.20. The number of benzene rings is 1. The van der Waals surface area contributed by atoms with Gasteiger partial charge in [-0.05, 0) is 37.3 Å². The number of nitriles is 1. The molecule has 0 bridgehead atoms. The van der Waals surface area contributed by atoms with Crippen molar-refractivity contribution in [3.63, 3.8) is 0 Å². The summed E-state index contributed by atoms with van der Waals surface area (Å²) in [5.41, 5.74) is 6.80. The molecule has 4 heteroatoms. The predicted molar refractivity (Wildman–Crippen MR) is 67.6 cm³/mol. The Labute approximate surface area is 98.0 Å². The molecule has 3 nitrogen and oxygen atoms in total. The van der Waals surface area contributed by atoms with Gasteiger partial charge in [0, 0.05) is 6.04 Å². The number of rotatable bonds is 4. The van der Waals surface area contributed by atoms with Gasteiger partial charge in [0.2, 0.25) is 8.32 Å². The van der Waals surface area contributed by atoms with Crippen LogP contribution in [0.15, 0.2) is 24.3 Å². The van der Waals surface area contributed by atoms with Crippen molar-refractivity contribution in [3.8, 4) is 11.8 Å². The van der Waals surface area contributed by atoms with Gasteiger partial charge in [0.05, 0.1) is 12.5 Å². The lowest BCUT2D eigenvalue weighted by atomic mass is 10.1. The van der Waals surface area contributed by atoms with Crippen LogP contribution in [0.25, 0.3) is 0 Å². The molecule has 0 radical (unpaired) electrons. The summed E-state index contributed by atoms with van der Waals surface area (Å²) in [4.78, 5) is 0. The Morgan fingerprint density at radius 2 is 1.88 bits per heavy atom. The summed E-state index contributed by atoms with van der Waals surface area (Å²) >= 11 is 0. The molecule has 1 aromatic rings. The molecule has 2 N–H and O–H groups in total. The minimum absolute atomic E-state index is 0.203. The van der Waals surface area contributed by atoms with Crippen molar-refractivity contribution in [1.29, 1.82) is 5.26 Å². The minimum Gasteiger partial charge on any atom is -0.544 e. The summed E-state index contributed by atoms with van der Waals surface area (Å²) in [5, 5.41) is 8.56. The van der Waals surface area contributed by atoms with Crippen molar-refractivity contribution in [2.75, 3.05) is 0 Å². The van der Waals surface area contributed by atoms with Crippen LogP contribution >= 0.6 is 0 Å². The van der Waals surface area contributed by atoms with Crippen LogP contribution in [0.5, 0.6) is 5.75 Å². The molecule has 0 unspecified atom stereocenters. The molecule has 0 heterocycles. The van der Waals surface area contributed by atoms with Crippen molar-refractivity contribution in [2.45, 2.75) is 32.1 Å². The topological polar surface area (TPSA) is 59.0 Å². The van der Waals surface area contributed by atoms with Gasteiger partial charge < -0.3 is 10.2 Å². The second-order valence-corrected chi connectivity index (χ2v) is 9.18. The molecule has 1 rings (SSSR count). The van der Waals surface area contributed by atoms with Crippen molar-refractivity contribution in [2.24, 2.45) is 5.73 Å². The van der Waals surface area contributed by atoms with E-state index in [1.807, 2.05) is 24.3 Å². The van der Waals surface area contributed by atoms with E-state index in [0.29, 0.717) is 6.42 Å². The first-order chi connectivity index (χ1) is 7.42. The fourth-order valence-corrected chi connectivity index (χ4v) is 2.20. The molecule has 1 atom stereocenters. The van der Waals surface area contributed by atoms with E-state index >= 15 is 0 Å². The van der Waals surface area contributed by atoms with Crippen LogP contribution < -0.4 is 10.2 Å². The van der Waals surface area contributed by atoms with Gasteiger partial charge >= 0.3 is 0 Å². The van der Waals surface area contributed by atoms with Crippen LogP contribution in [0.1, 0.15) is 18.0 Å². The Hall–Kier alpha value is -1.31. The Morgan fingerprint density at radius 3 is 2.31 bits per heavy atom. The molecule has 0 aliphatic carbocycles.